The minimum atomic E-state index is 0.0565. The first-order valence-electron chi connectivity index (χ1n) is 8.09. The van der Waals surface area contributed by atoms with Crippen molar-refractivity contribution in [2.24, 2.45) is 0 Å². The number of carbonyl (C=O) groups excluding carboxylic acids is 1. The molecule has 2 amide bonds. The smallest absolute Gasteiger partial charge is 0.317 e. The number of nitrogens with one attached hydrogen (secondary N) is 2. The molecule has 0 radical (unpaired) electrons. The minimum absolute atomic E-state index is 0.0565. The van der Waals surface area contributed by atoms with E-state index in [4.69, 9.17) is 0 Å². The molecule has 1 aromatic carbocycles. The molecule has 0 spiro atoms. The highest BCUT2D eigenvalue weighted by Gasteiger charge is 2.20. The largest absolute Gasteiger partial charge is 0.334 e. The number of rotatable bonds is 7. The van der Waals surface area contributed by atoms with E-state index < -0.39 is 0 Å². The summed E-state index contributed by atoms with van der Waals surface area (Å²) in [6.45, 7) is 5.50. The molecule has 1 aliphatic rings. The second kappa shape index (κ2) is 8.67. The molecule has 1 aromatic rings. The van der Waals surface area contributed by atoms with E-state index in [9.17, 15) is 4.79 Å². The average molecular weight is 289 g/mol. The standard InChI is InChI=1S/C17H27N3O/c1-2-3-12-20(14-16-10-7-11-18-16)17(21)19-13-15-8-5-4-6-9-15/h4-6,8-9,16,18H,2-3,7,10-14H2,1H3,(H,19,21). The van der Waals surface area contributed by atoms with Gasteiger partial charge in [0.2, 0.25) is 0 Å². The highest BCUT2D eigenvalue weighted by atomic mass is 16.2. The maximum absolute atomic E-state index is 12.4. The highest BCUT2D eigenvalue weighted by Crippen LogP contribution is 2.08. The van der Waals surface area contributed by atoms with Crippen molar-refractivity contribution < 1.29 is 4.79 Å². The summed E-state index contributed by atoms with van der Waals surface area (Å²) in [5.74, 6) is 0. The Morgan fingerprint density at radius 2 is 2.19 bits per heavy atom. The Bertz CT molecular complexity index is 415. The van der Waals surface area contributed by atoms with Crippen LogP contribution in [0, 0.1) is 0 Å². The van der Waals surface area contributed by atoms with E-state index in [1.165, 1.54) is 12.8 Å². The van der Waals surface area contributed by atoms with Crippen LogP contribution in [-0.4, -0.2) is 36.6 Å². The van der Waals surface area contributed by atoms with Crippen LogP contribution >= 0.6 is 0 Å². The molecular formula is C17H27N3O. The zero-order valence-corrected chi connectivity index (χ0v) is 13.0. The van der Waals surface area contributed by atoms with Gasteiger partial charge in [0.1, 0.15) is 0 Å². The Morgan fingerprint density at radius 1 is 1.38 bits per heavy atom. The van der Waals surface area contributed by atoms with Crippen molar-refractivity contribution in [3.05, 3.63) is 35.9 Å². The lowest BCUT2D eigenvalue weighted by atomic mass is 10.2. The summed E-state index contributed by atoms with van der Waals surface area (Å²) in [4.78, 5) is 14.4. The SMILES string of the molecule is CCCCN(CC1CCCN1)C(=O)NCc1ccccc1. The molecule has 2 N–H and O–H groups in total. The molecule has 21 heavy (non-hydrogen) atoms. The van der Waals surface area contributed by atoms with Gasteiger partial charge in [0, 0.05) is 25.7 Å². The lowest BCUT2D eigenvalue weighted by molar-refractivity contribution is 0.191. The van der Waals surface area contributed by atoms with Crippen molar-refractivity contribution in [1.29, 1.82) is 0 Å². The Balaban J connectivity index is 1.83. The molecule has 0 saturated carbocycles. The Morgan fingerprint density at radius 3 is 2.86 bits per heavy atom. The van der Waals surface area contributed by atoms with Crippen molar-refractivity contribution in [3.8, 4) is 0 Å². The summed E-state index contributed by atoms with van der Waals surface area (Å²) in [5, 5.41) is 6.51. The third kappa shape index (κ3) is 5.38. The summed E-state index contributed by atoms with van der Waals surface area (Å²) in [6, 6.07) is 10.6. The maximum Gasteiger partial charge on any atom is 0.317 e. The first kappa shape index (κ1) is 15.8. The second-order valence-corrected chi connectivity index (χ2v) is 5.74. The monoisotopic (exact) mass is 289 g/mol. The lowest BCUT2D eigenvalue weighted by Crippen LogP contribution is -2.46. The van der Waals surface area contributed by atoms with Gasteiger partial charge in [-0.2, -0.15) is 0 Å². The van der Waals surface area contributed by atoms with Crippen LogP contribution in [-0.2, 0) is 6.54 Å². The van der Waals surface area contributed by atoms with Gasteiger partial charge in [-0.1, -0.05) is 43.7 Å². The number of hydrogen-bond acceptors (Lipinski definition) is 2. The molecule has 1 heterocycles. The molecule has 4 heteroatoms. The van der Waals surface area contributed by atoms with Gasteiger partial charge in [-0.05, 0) is 31.4 Å². The number of urea groups is 1. The van der Waals surface area contributed by atoms with Crippen molar-refractivity contribution in [2.75, 3.05) is 19.6 Å². The van der Waals surface area contributed by atoms with Crippen molar-refractivity contribution in [2.45, 2.75) is 45.2 Å². The molecule has 1 unspecified atom stereocenters. The average Bonchev–Trinajstić information content (AvgIpc) is 3.03. The van der Waals surface area contributed by atoms with Crippen LogP contribution in [0.1, 0.15) is 38.2 Å². The van der Waals surface area contributed by atoms with E-state index in [2.05, 4.69) is 17.6 Å². The van der Waals surface area contributed by atoms with E-state index in [-0.39, 0.29) is 6.03 Å². The van der Waals surface area contributed by atoms with Crippen LogP contribution < -0.4 is 10.6 Å². The zero-order valence-electron chi connectivity index (χ0n) is 13.0. The van der Waals surface area contributed by atoms with Gasteiger partial charge in [-0.3, -0.25) is 0 Å². The van der Waals surface area contributed by atoms with E-state index in [1.54, 1.807) is 0 Å². The Kier molecular flexibility index (Phi) is 6.54. The molecule has 4 nitrogen and oxygen atoms in total. The van der Waals surface area contributed by atoms with E-state index >= 15 is 0 Å². The minimum Gasteiger partial charge on any atom is -0.334 e. The number of hydrogen-bond donors (Lipinski definition) is 2. The topological polar surface area (TPSA) is 44.4 Å². The van der Waals surface area contributed by atoms with E-state index in [1.807, 2.05) is 35.2 Å². The van der Waals surface area contributed by atoms with Gasteiger partial charge in [-0.25, -0.2) is 4.79 Å². The molecule has 1 saturated heterocycles. The van der Waals surface area contributed by atoms with Gasteiger partial charge in [0.25, 0.3) is 0 Å². The van der Waals surface area contributed by atoms with Crippen LogP contribution in [0.15, 0.2) is 30.3 Å². The number of nitrogens with zero attached hydrogens (tertiary/aromatic N) is 1. The fraction of sp³-hybridized carbons (Fsp3) is 0.588. The number of carbonyl (C=O) groups is 1. The Labute approximate surface area is 127 Å². The normalized spacial score (nSPS) is 17.7. The molecule has 0 aliphatic carbocycles. The van der Waals surface area contributed by atoms with Crippen molar-refractivity contribution >= 4 is 6.03 Å². The van der Waals surface area contributed by atoms with Crippen LogP contribution in [0.2, 0.25) is 0 Å². The predicted octanol–water partition coefficient (Wildman–Crippen LogP) is 2.75. The van der Waals surface area contributed by atoms with Crippen molar-refractivity contribution in [1.82, 2.24) is 15.5 Å². The fourth-order valence-electron chi connectivity index (χ4n) is 2.69. The summed E-state index contributed by atoms with van der Waals surface area (Å²) in [6.07, 6.45) is 4.57. The van der Waals surface area contributed by atoms with Crippen LogP contribution in [0.4, 0.5) is 4.79 Å². The van der Waals surface area contributed by atoms with E-state index in [0.29, 0.717) is 12.6 Å². The summed E-state index contributed by atoms with van der Waals surface area (Å²) in [5.41, 5.74) is 1.14. The molecule has 0 aromatic heterocycles. The number of amides is 2. The number of benzene rings is 1. The predicted molar refractivity (Wildman–Crippen MR) is 86.2 cm³/mol. The summed E-state index contributed by atoms with van der Waals surface area (Å²) >= 11 is 0. The van der Waals surface area contributed by atoms with Crippen LogP contribution in [0.25, 0.3) is 0 Å². The fourth-order valence-corrected chi connectivity index (χ4v) is 2.69. The molecule has 1 fully saturated rings. The molecule has 0 bridgehead atoms. The zero-order chi connectivity index (χ0) is 14.9. The Hall–Kier alpha value is -1.55. The quantitative estimate of drug-likeness (QED) is 0.810. The second-order valence-electron chi connectivity index (χ2n) is 5.74. The highest BCUT2D eigenvalue weighted by molar-refractivity contribution is 5.74. The van der Waals surface area contributed by atoms with Gasteiger partial charge in [-0.15, -0.1) is 0 Å². The van der Waals surface area contributed by atoms with Crippen molar-refractivity contribution in [3.63, 3.8) is 0 Å². The van der Waals surface area contributed by atoms with Crippen LogP contribution in [0.3, 0.4) is 0 Å². The van der Waals surface area contributed by atoms with Crippen LogP contribution in [0.5, 0.6) is 0 Å². The molecular weight excluding hydrogens is 262 g/mol. The maximum atomic E-state index is 12.4. The number of unbranched alkanes of at least 4 members (excludes halogenated alkanes) is 1. The van der Waals surface area contributed by atoms with E-state index in [0.717, 1.165) is 38.0 Å². The lowest BCUT2D eigenvalue weighted by Gasteiger charge is -2.26. The summed E-state index contributed by atoms with van der Waals surface area (Å²) in [7, 11) is 0. The molecule has 116 valence electrons. The van der Waals surface area contributed by atoms with Gasteiger partial charge in [0.15, 0.2) is 0 Å². The molecule has 1 atom stereocenters. The van der Waals surface area contributed by atoms with Gasteiger partial charge < -0.3 is 15.5 Å². The third-order valence-corrected chi connectivity index (χ3v) is 3.96. The molecule has 2 rings (SSSR count). The van der Waals surface area contributed by atoms with Gasteiger partial charge in [0.05, 0.1) is 0 Å². The summed E-state index contributed by atoms with van der Waals surface area (Å²) < 4.78 is 0. The first-order valence-corrected chi connectivity index (χ1v) is 8.09. The van der Waals surface area contributed by atoms with Gasteiger partial charge >= 0.3 is 6.03 Å². The molecule has 1 aliphatic heterocycles. The third-order valence-electron chi connectivity index (χ3n) is 3.96. The first-order chi connectivity index (χ1) is 10.3.